The van der Waals surface area contributed by atoms with Gasteiger partial charge in [0, 0.05) is 11.6 Å². The predicted molar refractivity (Wildman–Crippen MR) is 52.0 cm³/mol. The summed E-state index contributed by atoms with van der Waals surface area (Å²) in [7, 11) is 0. The maximum Gasteiger partial charge on any atom is 0.256 e. The first-order valence-electron chi connectivity index (χ1n) is 3.47. The van der Waals surface area contributed by atoms with Gasteiger partial charge in [-0.15, -0.1) is 11.3 Å². The maximum atomic E-state index is 11.6. The summed E-state index contributed by atoms with van der Waals surface area (Å²) in [5.41, 5.74) is 0. The van der Waals surface area contributed by atoms with Crippen molar-refractivity contribution in [3.63, 3.8) is 0 Å². The lowest BCUT2D eigenvalue weighted by molar-refractivity contribution is 0.101. The molecule has 0 bridgehead atoms. The van der Waals surface area contributed by atoms with Crippen molar-refractivity contribution >= 4 is 33.0 Å². The zero-order valence-electron chi connectivity index (χ0n) is 6.36. The molecule has 66 valence electrons. The highest BCUT2D eigenvalue weighted by atomic mass is 79.9. The van der Waals surface area contributed by atoms with Crippen LogP contribution in [0.1, 0.15) is 15.6 Å². The number of aromatic nitrogens is 1. The molecule has 0 aliphatic heterocycles. The number of carbonyl (C=O) groups excluding carboxylic acids is 1. The van der Waals surface area contributed by atoms with Crippen LogP contribution in [0.15, 0.2) is 32.8 Å². The second-order valence-electron chi connectivity index (χ2n) is 2.27. The van der Waals surface area contributed by atoms with E-state index >= 15 is 0 Å². The zero-order chi connectivity index (χ0) is 9.26. The molecule has 0 radical (unpaired) electrons. The van der Waals surface area contributed by atoms with Gasteiger partial charge in [0.2, 0.25) is 0 Å². The molecule has 0 aliphatic rings. The molecular weight excluding hydrogens is 254 g/mol. The number of hydrogen-bond acceptors (Lipinski definition) is 4. The largest absolute Gasteiger partial charge is 0.446 e. The van der Waals surface area contributed by atoms with Gasteiger partial charge in [0.1, 0.15) is 0 Å². The highest BCUT2D eigenvalue weighted by molar-refractivity contribution is 9.10. The molecule has 0 aliphatic carbocycles. The molecule has 0 saturated heterocycles. The molecule has 0 amide bonds. The monoisotopic (exact) mass is 257 g/mol. The summed E-state index contributed by atoms with van der Waals surface area (Å²) >= 11 is 4.43. The Balaban J connectivity index is 2.33. The fraction of sp³-hybridized carbons (Fsp3) is 0. The molecule has 0 unspecified atom stereocenters. The smallest absolute Gasteiger partial charge is 0.256 e. The molecule has 0 N–H and O–H groups in total. The van der Waals surface area contributed by atoms with Gasteiger partial charge in [-0.05, 0) is 28.1 Å². The molecule has 0 spiro atoms. The SMILES string of the molecule is O=C(c1ccc(Br)o1)c1nccs1. The van der Waals surface area contributed by atoms with Crippen molar-refractivity contribution in [3.05, 3.63) is 39.1 Å². The standard InChI is InChI=1S/C8H4BrNO2S/c9-6-2-1-5(12-6)7(11)8-10-3-4-13-8/h1-4H. The molecule has 0 fully saturated rings. The van der Waals surface area contributed by atoms with Crippen molar-refractivity contribution in [2.24, 2.45) is 0 Å². The van der Waals surface area contributed by atoms with Crippen molar-refractivity contribution in [1.29, 1.82) is 0 Å². The van der Waals surface area contributed by atoms with E-state index in [4.69, 9.17) is 4.42 Å². The third-order valence-corrected chi connectivity index (χ3v) is 2.62. The molecule has 2 rings (SSSR count). The van der Waals surface area contributed by atoms with Crippen LogP contribution in [0.3, 0.4) is 0 Å². The molecule has 3 nitrogen and oxygen atoms in total. The Morgan fingerprint density at radius 2 is 2.38 bits per heavy atom. The lowest BCUT2D eigenvalue weighted by atomic mass is 10.3. The van der Waals surface area contributed by atoms with Crippen molar-refractivity contribution in [2.75, 3.05) is 0 Å². The second-order valence-corrected chi connectivity index (χ2v) is 3.95. The van der Waals surface area contributed by atoms with Gasteiger partial charge in [-0.25, -0.2) is 4.98 Å². The van der Waals surface area contributed by atoms with Crippen LogP contribution >= 0.6 is 27.3 Å². The van der Waals surface area contributed by atoms with E-state index in [1.165, 1.54) is 11.3 Å². The molecule has 2 aromatic rings. The van der Waals surface area contributed by atoms with E-state index in [1.54, 1.807) is 23.7 Å². The summed E-state index contributed by atoms with van der Waals surface area (Å²) in [6.45, 7) is 0. The van der Waals surface area contributed by atoms with Crippen LogP contribution in [0.2, 0.25) is 0 Å². The summed E-state index contributed by atoms with van der Waals surface area (Å²) < 4.78 is 5.65. The van der Waals surface area contributed by atoms with E-state index in [9.17, 15) is 4.79 Å². The molecule has 13 heavy (non-hydrogen) atoms. The van der Waals surface area contributed by atoms with E-state index < -0.39 is 0 Å². The fourth-order valence-corrected chi connectivity index (χ4v) is 1.76. The van der Waals surface area contributed by atoms with Gasteiger partial charge in [0.15, 0.2) is 15.4 Å². The van der Waals surface area contributed by atoms with Crippen molar-refractivity contribution in [3.8, 4) is 0 Å². The first kappa shape index (κ1) is 8.65. The van der Waals surface area contributed by atoms with Crippen LogP contribution < -0.4 is 0 Å². The predicted octanol–water partition coefficient (Wildman–Crippen LogP) is 2.73. The minimum atomic E-state index is -0.180. The Hall–Kier alpha value is -0.940. The molecule has 2 heterocycles. The van der Waals surface area contributed by atoms with Gasteiger partial charge in [0.25, 0.3) is 5.78 Å². The topological polar surface area (TPSA) is 43.1 Å². The van der Waals surface area contributed by atoms with Gasteiger partial charge in [-0.2, -0.15) is 0 Å². The molecule has 0 saturated carbocycles. The zero-order valence-corrected chi connectivity index (χ0v) is 8.76. The first-order chi connectivity index (χ1) is 6.27. The Kier molecular flexibility index (Phi) is 2.28. The van der Waals surface area contributed by atoms with Crippen LogP contribution in [0.25, 0.3) is 0 Å². The Morgan fingerprint density at radius 3 is 2.92 bits per heavy atom. The van der Waals surface area contributed by atoms with Gasteiger partial charge in [0.05, 0.1) is 0 Å². The van der Waals surface area contributed by atoms with Gasteiger partial charge >= 0.3 is 0 Å². The summed E-state index contributed by atoms with van der Waals surface area (Å²) in [6, 6.07) is 3.30. The van der Waals surface area contributed by atoms with Crippen LogP contribution in [0.4, 0.5) is 0 Å². The molecular formula is C8H4BrNO2S. The van der Waals surface area contributed by atoms with Crippen LogP contribution in [-0.2, 0) is 0 Å². The van der Waals surface area contributed by atoms with Crippen LogP contribution in [0.5, 0.6) is 0 Å². The van der Waals surface area contributed by atoms with Gasteiger partial charge in [-0.3, -0.25) is 4.79 Å². The average molecular weight is 258 g/mol. The third kappa shape index (κ3) is 1.71. The summed E-state index contributed by atoms with van der Waals surface area (Å²) in [6.07, 6.45) is 1.59. The number of halogens is 1. The average Bonchev–Trinajstić information content (AvgIpc) is 2.72. The van der Waals surface area contributed by atoms with E-state index in [-0.39, 0.29) is 5.78 Å². The Morgan fingerprint density at radius 1 is 1.54 bits per heavy atom. The highest BCUT2D eigenvalue weighted by Gasteiger charge is 2.14. The highest BCUT2D eigenvalue weighted by Crippen LogP contribution is 2.18. The minimum absolute atomic E-state index is 0.180. The van der Waals surface area contributed by atoms with E-state index in [0.717, 1.165) is 0 Å². The molecule has 5 heteroatoms. The van der Waals surface area contributed by atoms with E-state index in [0.29, 0.717) is 15.4 Å². The summed E-state index contributed by atoms with van der Waals surface area (Å²) in [5.74, 6) is 0.127. The molecule has 2 aromatic heterocycles. The van der Waals surface area contributed by atoms with Crippen molar-refractivity contribution < 1.29 is 9.21 Å². The quantitative estimate of drug-likeness (QED) is 0.778. The molecule has 0 aromatic carbocycles. The van der Waals surface area contributed by atoms with Crippen LogP contribution in [0, 0.1) is 0 Å². The number of nitrogens with zero attached hydrogens (tertiary/aromatic N) is 1. The van der Waals surface area contributed by atoms with Gasteiger partial charge < -0.3 is 4.42 Å². The third-order valence-electron chi connectivity index (χ3n) is 1.42. The Labute approximate surface area is 86.5 Å². The number of rotatable bonds is 2. The second kappa shape index (κ2) is 3.43. The number of carbonyl (C=O) groups is 1. The lowest BCUT2D eigenvalue weighted by Crippen LogP contribution is -1.97. The number of ketones is 1. The summed E-state index contributed by atoms with van der Waals surface area (Å²) in [4.78, 5) is 15.4. The number of hydrogen-bond donors (Lipinski definition) is 0. The van der Waals surface area contributed by atoms with Crippen LogP contribution in [-0.4, -0.2) is 10.8 Å². The first-order valence-corrected chi connectivity index (χ1v) is 5.14. The van der Waals surface area contributed by atoms with Gasteiger partial charge in [-0.1, -0.05) is 0 Å². The fourth-order valence-electron chi connectivity index (χ4n) is 0.877. The van der Waals surface area contributed by atoms with Crippen molar-refractivity contribution in [2.45, 2.75) is 0 Å². The lowest BCUT2D eigenvalue weighted by Gasteiger charge is -1.89. The number of furan rings is 1. The maximum absolute atomic E-state index is 11.6. The molecule has 0 atom stereocenters. The Bertz CT molecular complexity index is 421. The normalized spacial score (nSPS) is 10.2. The van der Waals surface area contributed by atoms with E-state index in [2.05, 4.69) is 20.9 Å². The summed E-state index contributed by atoms with van der Waals surface area (Å²) in [5, 5.41) is 2.20. The number of thiazole rings is 1. The minimum Gasteiger partial charge on any atom is -0.446 e. The van der Waals surface area contributed by atoms with E-state index in [1.807, 2.05) is 0 Å². The van der Waals surface area contributed by atoms with Crippen molar-refractivity contribution in [1.82, 2.24) is 4.98 Å².